The van der Waals surface area contributed by atoms with Crippen molar-refractivity contribution in [3.05, 3.63) is 120 Å². The molecule has 4 aromatic carbocycles. The van der Waals surface area contributed by atoms with E-state index in [2.05, 4.69) is 13.5 Å². The first-order valence-electron chi connectivity index (χ1n) is 13.5. The molecule has 0 aliphatic rings. The first-order chi connectivity index (χ1) is 19.5. The van der Waals surface area contributed by atoms with Crippen LogP contribution in [0.25, 0.3) is 34.4 Å². The fourth-order valence-electron chi connectivity index (χ4n) is 4.16. The number of hydrogen-bond acceptors (Lipinski definition) is 2. The first-order valence-corrected chi connectivity index (χ1v) is 13.5. The second-order valence-corrected chi connectivity index (χ2v) is 9.44. The van der Waals surface area contributed by atoms with Gasteiger partial charge in [0.25, 0.3) is 0 Å². The summed E-state index contributed by atoms with van der Waals surface area (Å²) in [4.78, 5) is 0. The minimum Gasteiger partial charge on any atom is -0.494 e. The van der Waals surface area contributed by atoms with Gasteiger partial charge in [0.2, 0.25) is 0 Å². The summed E-state index contributed by atoms with van der Waals surface area (Å²) < 4.78 is 55.5. The largest absolute Gasteiger partial charge is 0.494 e. The van der Waals surface area contributed by atoms with Crippen molar-refractivity contribution in [1.29, 1.82) is 0 Å². The van der Waals surface area contributed by atoms with Crippen LogP contribution >= 0.6 is 0 Å². The molecule has 0 bridgehead atoms. The average molecular weight is 543 g/mol. The molecule has 0 unspecified atom stereocenters. The van der Waals surface area contributed by atoms with Gasteiger partial charge in [-0.05, 0) is 65.8 Å². The number of unbranched alkanes of at least 4 members (excludes halogenated alkanes) is 2. The van der Waals surface area contributed by atoms with Gasteiger partial charge in [-0.25, -0.2) is 13.2 Å². The Kier molecular flexibility index (Phi) is 10.2. The van der Waals surface area contributed by atoms with Crippen molar-refractivity contribution in [2.24, 2.45) is 0 Å². The predicted octanol–water partition coefficient (Wildman–Crippen LogP) is 10.1. The summed E-state index contributed by atoms with van der Waals surface area (Å²) in [7, 11) is 0. The molecule has 206 valence electrons. The summed E-state index contributed by atoms with van der Waals surface area (Å²) in [5.74, 6) is -1.30. The van der Waals surface area contributed by atoms with Gasteiger partial charge < -0.3 is 9.47 Å². The molecule has 0 fully saturated rings. The van der Waals surface area contributed by atoms with E-state index in [0.29, 0.717) is 24.5 Å². The minimum atomic E-state index is -0.907. The lowest BCUT2D eigenvalue weighted by molar-refractivity contribution is 0.297. The van der Waals surface area contributed by atoms with E-state index in [4.69, 9.17) is 9.47 Å². The fraction of sp³-hybridized carbons (Fsp3) is 0.200. The Morgan fingerprint density at radius 2 is 1.40 bits per heavy atom. The highest BCUT2D eigenvalue weighted by molar-refractivity contribution is 5.74. The zero-order valence-corrected chi connectivity index (χ0v) is 22.6. The van der Waals surface area contributed by atoms with Crippen LogP contribution in [-0.2, 0) is 0 Å². The predicted molar refractivity (Wildman–Crippen MR) is 158 cm³/mol. The van der Waals surface area contributed by atoms with Crippen molar-refractivity contribution < 1.29 is 22.6 Å². The Bertz CT molecular complexity index is 1440. The standard InChI is InChI=1S/C35H33F3O2/c1-3-5-7-23-40-33-21-17-29(24-32(33)36)26-11-8-25(9-12-26)10-13-28-16-20-31(35(38)34(28)37)27-14-18-30(19-15-27)39-22-6-4-2/h3,8-21,24H,1,4-7,22-23H2,2H3/b13-10+. The van der Waals surface area contributed by atoms with Gasteiger partial charge in [0.05, 0.1) is 13.2 Å². The lowest BCUT2D eigenvalue weighted by Crippen LogP contribution is -1.98. The van der Waals surface area contributed by atoms with E-state index in [1.165, 1.54) is 6.07 Å². The molecule has 0 radical (unpaired) electrons. The van der Waals surface area contributed by atoms with E-state index >= 15 is 0 Å². The quantitative estimate of drug-likeness (QED) is 0.0951. The zero-order valence-electron chi connectivity index (χ0n) is 22.6. The normalized spacial score (nSPS) is 11.1. The van der Waals surface area contributed by atoms with Crippen molar-refractivity contribution in [3.8, 4) is 33.8 Å². The van der Waals surface area contributed by atoms with Gasteiger partial charge in [-0.3, -0.25) is 0 Å². The topological polar surface area (TPSA) is 18.5 Å². The number of hydrogen-bond donors (Lipinski definition) is 0. The van der Waals surface area contributed by atoms with Crippen LogP contribution in [0.4, 0.5) is 13.2 Å². The molecule has 0 amide bonds. The number of ether oxygens (including phenoxy) is 2. The van der Waals surface area contributed by atoms with Gasteiger partial charge in [0, 0.05) is 11.1 Å². The van der Waals surface area contributed by atoms with Crippen LogP contribution < -0.4 is 9.47 Å². The van der Waals surface area contributed by atoms with Gasteiger partial charge in [0.15, 0.2) is 23.2 Å². The van der Waals surface area contributed by atoms with Crippen LogP contribution in [0.2, 0.25) is 0 Å². The highest BCUT2D eigenvalue weighted by Gasteiger charge is 2.14. The average Bonchev–Trinajstić information content (AvgIpc) is 2.98. The second-order valence-electron chi connectivity index (χ2n) is 9.44. The van der Waals surface area contributed by atoms with E-state index in [-0.39, 0.29) is 16.9 Å². The number of halogens is 3. The Hall–Kier alpha value is -4.25. The van der Waals surface area contributed by atoms with E-state index < -0.39 is 17.5 Å². The summed E-state index contributed by atoms with van der Waals surface area (Å²) in [5.41, 5.74) is 3.27. The van der Waals surface area contributed by atoms with Crippen molar-refractivity contribution in [2.75, 3.05) is 13.2 Å². The number of rotatable bonds is 13. The molecule has 0 saturated carbocycles. The van der Waals surface area contributed by atoms with Crippen LogP contribution in [0.3, 0.4) is 0 Å². The van der Waals surface area contributed by atoms with Crippen LogP contribution in [0.15, 0.2) is 91.5 Å². The maximum absolute atomic E-state index is 14.9. The molecular formula is C35H33F3O2. The summed E-state index contributed by atoms with van der Waals surface area (Å²) in [6.45, 7) is 6.81. The number of benzene rings is 4. The van der Waals surface area contributed by atoms with Crippen LogP contribution in [0, 0.1) is 17.5 Å². The molecule has 0 N–H and O–H groups in total. The summed E-state index contributed by atoms with van der Waals surface area (Å²) >= 11 is 0. The molecule has 4 aromatic rings. The van der Waals surface area contributed by atoms with Crippen molar-refractivity contribution in [2.45, 2.75) is 32.6 Å². The molecule has 0 aliphatic carbocycles. The maximum atomic E-state index is 14.9. The summed E-state index contributed by atoms with van der Waals surface area (Å²) in [5, 5.41) is 0. The highest BCUT2D eigenvalue weighted by Crippen LogP contribution is 2.30. The zero-order chi connectivity index (χ0) is 28.3. The molecule has 0 spiro atoms. The molecule has 0 heterocycles. The Morgan fingerprint density at radius 3 is 2.10 bits per heavy atom. The van der Waals surface area contributed by atoms with Crippen LogP contribution in [0.1, 0.15) is 43.7 Å². The van der Waals surface area contributed by atoms with E-state index in [9.17, 15) is 13.2 Å². The molecule has 0 saturated heterocycles. The van der Waals surface area contributed by atoms with Gasteiger partial charge in [0.1, 0.15) is 5.75 Å². The maximum Gasteiger partial charge on any atom is 0.167 e. The third-order valence-corrected chi connectivity index (χ3v) is 6.49. The van der Waals surface area contributed by atoms with Crippen molar-refractivity contribution in [3.63, 3.8) is 0 Å². The van der Waals surface area contributed by atoms with Crippen LogP contribution in [0.5, 0.6) is 11.5 Å². The molecule has 2 nitrogen and oxygen atoms in total. The molecule has 40 heavy (non-hydrogen) atoms. The smallest absolute Gasteiger partial charge is 0.167 e. The lowest BCUT2D eigenvalue weighted by atomic mass is 10.0. The molecule has 0 atom stereocenters. The fourth-order valence-corrected chi connectivity index (χ4v) is 4.16. The third-order valence-electron chi connectivity index (χ3n) is 6.49. The van der Waals surface area contributed by atoms with E-state index in [1.54, 1.807) is 60.7 Å². The van der Waals surface area contributed by atoms with Crippen LogP contribution in [-0.4, -0.2) is 13.2 Å². The van der Waals surface area contributed by atoms with Crippen molar-refractivity contribution in [1.82, 2.24) is 0 Å². The SMILES string of the molecule is C=CCCCOc1ccc(-c2ccc(/C=C/c3ccc(-c4ccc(OCCCC)cc4)c(F)c3F)cc2)cc1F. The molecular weight excluding hydrogens is 509 g/mol. The molecule has 0 aliphatic heterocycles. The van der Waals surface area contributed by atoms with Gasteiger partial charge >= 0.3 is 0 Å². The Balaban J connectivity index is 1.42. The molecule has 0 aromatic heterocycles. The number of allylic oxidation sites excluding steroid dienone is 1. The first kappa shape index (κ1) is 28.8. The van der Waals surface area contributed by atoms with Gasteiger partial charge in [-0.1, -0.05) is 86.2 Å². The second kappa shape index (κ2) is 14.2. The van der Waals surface area contributed by atoms with E-state index in [0.717, 1.165) is 42.4 Å². The summed E-state index contributed by atoms with van der Waals surface area (Å²) in [6.07, 6.45) is 8.66. The Morgan fingerprint density at radius 1 is 0.700 bits per heavy atom. The molecule has 5 heteroatoms. The van der Waals surface area contributed by atoms with Gasteiger partial charge in [-0.15, -0.1) is 6.58 Å². The highest BCUT2D eigenvalue weighted by atomic mass is 19.2. The van der Waals surface area contributed by atoms with Gasteiger partial charge in [-0.2, -0.15) is 0 Å². The monoisotopic (exact) mass is 542 g/mol. The molecule has 4 rings (SSSR count). The van der Waals surface area contributed by atoms with E-state index in [1.807, 2.05) is 30.3 Å². The third kappa shape index (κ3) is 7.44. The summed E-state index contributed by atoms with van der Waals surface area (Å²) in [6, 6.07) is 22.4. The lowest BCUT2D eigenvalue weighted by Gasteiger charge is -2.09. The van der Waals surface area contributed by atoms with Crippen molar-refractivity contribution >= 4 is 12.2 Å². The minimum absolute atomic E-state index is 0.149. The Labute approximate surface area is 234 Å².